The predicted molar refractivity (Wildman–Crippen MR) is 70.5 cm³/mol. The summed E-state index contributed by atoms with van der Waals surface area (Å²) < 4.78 is 5.19. The minimum Gasteiger partial charge on any atom is -0.439 e. The van der Waals surface area contributed by atoms with Gasteiger partial charge < -0.3 is 15.4 Å². The van der Waals surface area contributed by atoms with E-state index in [1.54, 1.807) is 0 Å². The topological polar surface area (TPSA) is 67.4 Å². The molecule has 0 aliphatic carbocycles. The van der Waals surface area contributed by atoms with Crippen molar-refractivity contribution in [1.82, 2.24) is 10.6 Å². The third-order valence-corrected chi connectivity index (χ3v) is 3.22. The Hall–Kier alpha value is -2.04. The summed E-state index contributed by atoms with van der Waals surface area (Å²) in [6.45, 7) is 3.91. The lowest BCUT2D eigenvalue weighted by Gasteiger charge is -2.19. The second-order valence-electron chi connectivity index (χ2n) is 4.68. The van der Waals surface area contributed by atoms with Gasteiger partial charge in [0.2, 0.25) is 5.91 Å². The number of ether oxygens (including phenoxy) is 1. The number of benzene rings is 1. The first-order valence-electron chi connectivity index (χ1n) is 6.44. The highest BCUT2D eigenvalue weighted by molar-refractivity contribution is 5.89. The lowest BCUT2D eigenvalue weighted by molar-refractivity contribution is -0.124. The Morgan fingerprint density at radius 3 is 2.74 bits per heavy atom. The highest BCUT2D eigenvalue weighted by Crippen LogP contribution is 2.26. The summed E-state index contributed by atoms with van der Waals surface area (Å²) in [5.74, 6) is -0.214. The molecule has 1 aromatic carbocycles. The van der Waals surface area contributed by atoms with Crippen LogP contribution in [-0.4, -0.2) is 24.1 Å². The van der Waals surface area contributed by atoms with Gasteiger partial charge in [0.05, 0.1) is 0 Å². The predicted octanol–water partition coefficient (Wildman–Crippen LogP) is 1.75. The molecule has 1 saturated heterocycles. The molecule has 5 nitrogen and oxygen atoms in total. The number of cyclic esters (lactones) is 1. The molecule has 2 rings (SSSR count). The fourth-order valence-corrected chi connectivity index (χ4v) is 1.96. The van der Waals surface area contributed by atoms with Crippen molar-refractivity contribution < 1.29 is 14.3 Å². The average Bonchev–Trinajstić information content (AvgIpc) is 2.82. The maximum Gasteiger partial charge on any atom is 0.408 e. The molecule has 3 atom stereocenters. The number of hydrogen-bond acceptors (Lipinski definition) is 3. The van der Waals surface area contributed by atoms with Crippen LogP contribution in [0.25, 0.3) is 0 Å². The van der Waals surface area contributed by atoms with E-state index in [1.807, 2.05) is 44.2 Å². The molecule has 1 heterocycles. The summed E-state index contributed by atoms with van der Waals surface area (Å²) in [4.78, 5) is 23.5. The van der Waals surface area contributed by atoms with Gasteiger partial charge >= 0.3 is 6.09 Å². The zero-order valence-corrected chi connectivity index (χ0v) is 11.1. The normalized spacial score (nSPS) is 23.4. The van der Waals surface area contributed by atoms with Crippen LogP contribution < -0.4 is 10.6 Å². The van der Waals surface area contributed by atoms with Crippen LogP contribution in [-0.2, 0) is 9.53 Å². The molecule has 2 N–H and O–H groups in total. The van der Waals surface area contributed by atoms with Crippen LogP contribution >= 0.6 is 0 Å². The van der Waals surface area contributed by atoms with Gasteiger partial charge in [-0.2, -0.15) is 0 Å². The average molecular weight is 262 g/mol. The number of carbonyl (C=O) groups excluding carboxylic acids is 2. The first-order valence-corrected chi connectivity index (χ1v) is 6.44. The van der Waals surface area contributed by atoms with Gasteiger partial charge in [-0.3, -0.25) is 4.79 Å². The zero-order chi connectivity index (χ0) is 13.8. The van der Waals surface area contributed by atoms with Crippen LogP contribution in [0.5, 0.6) is 0 Å². The Kier molecular flexibility index (Phi) is 4.04. The van der Waals surface area contributed by atoms with Crippen molar-refractivity contribution in [3.05, 3.63) is 35.9 Å². The molecule has 5 heteroatoms. The van der Waals surface area contributed by atoms with Gasteiger partial charge in [-0.05, 0) is 18.9 Å². The van der Waals surface area contributed by atoms with E-state index in [0.29, 0.717) is 0 Å². The quantitative estimate of drug-likeness (QED) is 0.868. The largest absolute Gasteiger partial charge is 0.439 e. The van der Waals surface area contributed by atoms with Gasteiger partial charge in [0, 0.05) is 6.04 Å². The van der Waals surface area contributed by atoms with E-state index in [1.165, 1.54) is 0 Å². The number of nitrogens with one attached hydrogen (secondary N) is 2. The smallest absolute Gasteiger partial charge is 0.408 e. The van der Waals surface area contributed by atoms with Gasteiger partial charge in [0.25, 0.3) is 0 Å². The molecule has 1 fully saturated rings. The SMILES string of the molecule is CCC(C)NC(=O)C1NC(=O)OC1c1ccccc1. The summed E-state index contributed by atoms with van der Waals surface area (Å²) in [5, 5.41) is 5.42. The number of alkyl carbamates (subject to hydrolysis) is 1. The highest BCUT2D eigenvalue weighted by atomic mass is 16.6. The van der Waals surface area contributed by atoms with Crippen LogP contribution in [0.2, 0.25) is 0 Å². The molecule has 19 heavy (non-hydrogen) atoms. The minimum absolute atomic E-state index is 0.0708. The second kappa shape index (κ2) is 5.73. The third kappa shape index (κ3) is 3.05. The number of hydrogen-bond donors (Lipinski definition) is 2. The monoisotopic (exact) mass is 262 g/mol. The lowest BCUT2D eigenvalue weighted by Crippen LogP contribution is -2.46. The van der Waals surface area contributed by atoms with E-state index in [-0.39, 0.29) is 11.9 Å². The molecule has 0 saturated carbocycles. The van der Waals surface area contributed by atoms with E-state index in [4.69, 9.17) is 4.74 Å². The van der Waals surface area contributed by atoms with Crippen molar-refractivity contribution in [1.29, 1.82) is 0 Å². The van der Waals surface area contributed by atoms with Crippen LogP contribution in [0.1, 0.15) is 31.9 Å². The fraction of sp³-hybridized carbons (Fsp3) is 0.429. The van der Waals surface area contributed by atoms with Gasteiger partial charge in [-0.25, -0.2) is 4.79 Å². The Morgan fingerprint density at radius 2 is 2.11 bits per heavy atom. The molecule has 0 radical (unpaired) electrons. The summed E-state index contributed by atoms with van der Waals surface area (Å²) in [6, 6.07) is 8.66. The first-order chi connectivity index (χ1) is 9.11. The van der Waals surface area contributed by atoms with Crippen molar-refractivity contribution in [2.45, 2.75) is 38.5 Å². The van der Waals surface area contributed by atoms with E-state index in [0.717, 1.165) is 12.0 Å². The van der Waals surface area contributed by atoms with Crippen LogP contribution in [0.4, 0.5) is 4.79 Å². The lowest BCUT2D eigenvalue weighted by atomic mass is 10.0. The Morgan fingerprint density at radius 1 is 1.42 bits per heavy atom. The fourth-order valence-electron chi connectivity index (χ4n) is 1.96. The maximum atomic E-state index is 12.1. The van der Waals surface area contributed by atoms with Gasteiger partial charge in [-0.15, -0.1) is 0 Å². The molecular weight excluding hydrogens is 244 g/mol. The van der Waals surface area contributed by atoms with Crippen molar-refractivity contribution in [3.63, 3.8) is 0 Å². The molecule has 0 aromatic heterocycles. The summed E-state index contributed by atoms with van der Waals surface area (Å²) in [6.07, 6.45) is -0.292. The standard InChI is InChI=1S/C14H18N2O3/c1-3-9(2)15-13(17)11-12(19-14(18)16-11)10-7-5-4-6-8-10/h4-9,11-12H,3H2,1-2H3,(H,15,17)(H,16,18). The van der Waals surface area contributed by atoms with Crippen molar-refractivity contribution in [2.75, 3.05) is 0 Å². The van der Waals surface area contributed by atoms with Gasteiger partial charge in [-0.1, -0.05) is 37.3 Å². The van der Waals surface area contributed by atoms with E-state index < -0.39 is 18.2 Å². The zero-order valence-electron chi connectivity index (χ0n) is 11.1. The van der Waals surface area contributed by atoms with Crippen LogP contribution in [0.15, 0.2) is 30.3 Å². The first kappa shape index (κ1) is 13.4. The molecule has 3 unspecified atom stereocenters. The van der Waals surface area contributed by atoms with E-state index in [9.17, 15) is 9.59 Å². The molecule has 102 valence electrons. The van der Waals surface area contributed by atoms with Gasteiger partial charge in [0.1, 0.15) is 0 Å². The van der Waals surface area contributed by atoms with Crippen molar-refractivity contribution in [3.8, 4) is 0 Å². The maximum absolute atomic E-state index is 12.1. The Labute approximate surface area is 112 Å². The molecule has 1 aliphatic rings. The van der Waals surface area contributed by atoms with E-state index >= 15 is 0 Å². The van der Waals surface area contributed by atoms with Gasteiger partial charge in [0.15, 0.2) is 12.1 Å². The molecule has 0 spiro atoms. The van der Waals surface area contributed by atoms with Crippen LogP contribution in [0, 0.1) is 0 Å². The number of carbonyl (C=O) groups is 2. The molecule has 2 amide bonds. The molecule has 1 aliphatic heterocycles. The summed E-state index contributed by atoms with van der Waals surface area (Å²) in [5.41, 5.74) is 0.810. The summed E-state index contributed by atoms with van der Waals surface area (Å²) in [7, 11) is 0. The molecule has 0 bridgehead atoms. The van der Waals surface area contributed by atoms with Crippen molar-refractivity contribution in [2.24, 2.45) is 0 Å². The Balaban J connectivity index is 2.14. The second-order valence-corrected chi connectivity index (χ2v) is 4.68. The summed E-state index contributed by atoms with van der Waals surface area (Å²) >= 11 is 0. The van der Waals surface area contributed by atoms with Crippen molar-refractivity contribution >= 4 is 12.0 Å². The third-order valence-electron chi connectivity index (χ3n) is 3.22. The number of amides is 2. The molecule has 1 aromatic rings. The molecular formula is C14H18N2O3. The highest BCUT2D eigenvalue weighted by Gasteiger charge is 2.40. The van der Waals surface area contributed by atoms with E-state index in [2.05, 4.69) is 10.6 Å². The minimum atomic E-state index is -0.677. The number of rotatable bonds is 4. The Bertz CT molecular complexity index is 461. The van der Waals surface area contributed by atoms with Crippen LogP contribution in [0.3, 0.4) is 0 Å².